The summed E-state index contributed by atoms with van der Waals surface area (Å²) in [6.45, 7) is 6.37. The van der Waals surface area contributed by atoms with Crippen molar-refractivity contribution in [1.82, 2.24) is 10.2 Å². The number of nitrogens with one attached hydrogen (secondary N) is 1. The van der Waals surface area contributed by atoms with Gasteiger partial charge in [0.05, 0.1) is 17.5 Å². The number of thioether (sulfide) groups is 1. The van der Waals surface area contributed by atoms with Gasteiger partial charge < -0.3 is 10.1 Å². The van der Waals surface area contributed by atoms with E-state index in [1.165, 1.54) is 23.1 Å². The summed E-state index contributed by atoms with van der Waals surface area (Å²) in [5.74, 6) is 0.637. The van der Waals surface area contributed by atoms with Crippen LogP contribution in [0.5, 0.6) is 5.75 Å². The molecule has 1 aromatic heterocycles. The van der Waals surface area contributed by atoms with Crippen molar-refractivity contribution < 1.29 is 9.53 Å². The molecule has 7 heteroatoms. The maximum absolute atomic E-state index is 12.5. The van der Waals surface area contributed by atoms with Crippen LogP contribution in [0.15, 0.2) is 28.6 Å². The smallest absolute Gasteiger partial charge is 0.238 e. The van der Waals surface area contributed by atoms with E-state index in [2.05, 4.69) is 15.5 Å². The summed E-state index contributed by atoms with van der Waals surface area (Å²) in [5.41, 5.74) is 0.696. The second kappa shape index (κ2) is 8.14. The lowest BCUT2D eigenvalue weighted by Gasteiger charge is -2.15. The first-order valence-electron chi connectivity index (χ1n) is 7.13. The normalized spacial score (nSPS) is 12.0. The minimum Gasteiger partial charge on any atom is -0.492 e. The van der Waals surface area contributed by atoms with Crippen LogP contribution >= 0.6 is 23.1 Å². The Hall–Kier alpha value is -1.60. The molecule has 0 fully saturated rings. The van der Waals surface area contributed by atoms with Gasteiger partial charge in [0.1, 0.15) is 10.8 Å². The zero-order chi connectivity index (χ0) is 15.9. The fourth-order valence-corrected chi connectivity index (χ4v) is 3.82. The van der Waals surface area contributed by atoms with Crippen LogP contribution in [-0.4, -0.2) is 28.0 Å². The van der Waals surface area contributed by atoms with Crippen molar-refractivity contribution in [3.63, 3.8) is 0 Å². The Balaban J connectivity index is 2.06. The molecule has 0 aliphatic heterocycles. The Labute approximate surface area is 138 Å². The second-order valence-electron chi connectivity index (χ2n) is 4.52. The molecule has 2 rings (SSSR count). The average molecular weight is 337 g/mol. The van der Waals surface area contributed by atoms with Crippen molar-refractivity contribution in [2.24, 2.45) is 0 Å². The van der Waals surface area contributed by atoms with Crippen LogP contribution < -0.4 is 10.1 Å². The van der Waals surface area contributed by atoms with E-state index in [1.54, 1.807) is 0 Å². The summed E-state index contributed by atoms with van der Waals surface area (Å²) in [6.07, 6.45) is 0.714. The molecule has 0 saturated carbocycles. The Morgan fingerprint density at radius 1 is 1.36 bits per heavy atom. The molecule has 118 valence electrons. The van der Waals surface area contributed by atoms with Gasteiger partial charge >= 0.3 is 0 Å². The highest BCUT2D eigenvalue weighted by atomic mass is 32.2. The molecule has 0 spiro atoms. The van der Waals surface area contributed by atoms with Crippen LogP contribution in [0.25, 0.3) is 0 Å². The van der Waals surface area contributed by atoms with Crippen molar-refractivity contribution in [3.05, 3.63) is 29.3 Å². The third kappa shape index (κ3) is 4.45. The van der Waals surface area contributed by atoms with Crippen LogP contribution in [0.1, 0.15) is 25.3 Å². The first-order valence-corrected chi connectivity index (χ1v) is 8.83. The van der Waals surface area contributed by atoms with Gasteiger partial charge in [0, 0.05) is 0 Å². The van der Waals surface area contributed by atoms with Gasteiger partial charge in [0.2, 0.25) is 5.91 Å². The van der Waals surface area contributed by atoms with Gasteiger partial charge in [-0.25, -0.2) is 0 Å². The van der Waals surface area contributed by atoms with E-state index in [4.69, 9.17) is 4.74 Å². The number of carbonyl (C=O) groups excluding carboxylic acids is 1. The standard InChI is InChI=1S/C15H19N3O2S2/c1-4-13(22-15-18-17-10(3)21-15)14(19)16-11-8-6-7-9-12(11)20-5-2/h6-9,13H,4-5H2,1-3H3,(H,16,19). The summed E-state index contributed by atoms with van der Waals surface area (Å²) >= 11 is 2.95. The van der Waals surface area contributed by atoms with E-state index in [-0.39, 0.29) is 11.2 Å². The van der Waals surface area contributed by atoms with E-state index in [0.717, 1.165) is 9.35 Å². The van der Waals surface area contributed by atoms with Crippen LogP contribution in [-0.2, 0) is 4.79 Å². The van der Waals surface area contributed by atoms with Gasteiger partial charge in [0.15, 0.2) is 4.34 Å². The molecule has 2 aromatic rings. The number of nitrogens with zero attached hydrogens (tertiary/aromatic N) is 2. The largest absolute Gasteiger partial charge is 0.492 e. The zero-order valence-electron chi connectivity index (χ0n) is 12.8. The van der Waals surface area contributed by atoms with Gasteiger partial charge in [-0.05, 0) is 32.4 Å². The third-order valence-electron chi connectivity index (χ3n) is 2.86. The van der Waals surface area contributed by atoms with Crippen LogP contribution in [0.4, 0.5) is 5.69 Å². The van der Waals surface area contributed by atoms with Crippen LogP contribution in [0, 0.1) is 6.92 Å². The number of ether oxygens (including phenoxy) is 1. The molecule has 0 saturated heterocycles. The quantitative estimate of drug-likeness (QED) is 0.780. The topological polar surface area (TPSA) is 64.1 Å². The molecule has 1 N–H and O–H groups in total. The summed E-state index contributed by atoms with van der Waals surface area (Å²) in [5, 5.41) is 11.7. The molecule has 5 nitrogen and oxygen atoms in total. The third-order valence-corrected chi connectivity index (χ3v) is 5.15. The minimum absolute atomic E-state index is 0.0486. The summed E-state index contributed by atoms with van der Waals surface area (Å²) < 4.78 is 6.35. The molecule has 0 radical (unpaired) electrons. The lowest BCUT2D eigenvalue weighted by Crippen LogP contribution is -2.24. The van der Waals surface area contributed by atoms with Gasteiger partial charge in [-0.15, -0.1) is 10.2 Å². The Kier molecular flexibility index (Phi) is 6.21. The van der Waals surface area contributed by atoms with Crippen molar-refractivity contribution in [1.29, 1.82) is 0 Å². The van der Waals surface area contributed by atoms with E-state index < -0.39 is 0 Å². The van der Waals surface area contributed by atoms with Crippen molar-refractivity contribution in [2.75, 3.05) is 11.9 Å². The van der Waals surface area contributed by atoms with Gasteiger partial charge in [0.25, 0.3) is 0 Å². The number of aryl methyl sites for hydroxylation is 1. The molecule has 1 unspecified atom stereocenters. The second-order valence-corrected chi connectivity index (χ2v) is 7.15. The lowest BCUT2D eigenvalue weighted by molar-refractivity contribution is -0.115. The Morgan fingerprint density at radius 3 is 2.77 bits per heavy atom. The predicted octanol–water partition coefficient (Wildman–Crippen LogP) is 3.75. The molecule has 1 atom stereocenters. The highest BCUT2D eigenvalue weighted by molar-refractivity contribution is 8.02. The fourth-order valence-electron chi connectivity index (χ4n) is 1.83. The predicted molar refractivity (Wildman–Crippen MR) is 90.8 cm³/mol. The fraction of sp³-hybridized carbons (Fsp3) is 0.400. The highest BCUT2D eigenvalue weighted by Gasteiger charge is 2.21. The van der Waals surface area contributed by atoms with E-state index in [0.29, 0.717) is 24.5 Å². The average Bonchev–Trinajstić information content (AvgIpc) is 2.92. The Morgan fingerprint density at radius 2 is 2.14 bits per heavy atom. The number of para-hydroxylation sites is 2. The number of anilines is 1. The molecule has 0 aliphatic rings. The maximum atomic E-state index is 12.5. The highest BCUT2D eigenvalue weighted by Crippen LogP contribution is 2.30. The first kappa shape index (κ1) is 16.8. The van der Waals surface area contributed by atoms with Crippen molar-refractivity contribution >= 4 is 34.7 Å². The van der Waals surface area contributed by atoms with Crippen LogP contribution in [0.3, 0.4) is 0 Å². The van der Waals surface area contributed by atoms with Crippen molar-refractivity contribution in [3.8, 4) is 5.75 Å². The molecule has 22 heavy (non-hydrogen) atoms. The monoisotopic (exact) mass is 337 g/mol. The van der Waals surface area contributed by atoms with Gasteiger partial charge in [-0.1, -0.05) is 42.2 Å². The van der Waals surface area contributed by atoms with Crippen molar-refractivity contribution in [2.45, 2.75) is 36.8 Å². The summed E-state index contributed by atoms with van der Waals surface area (Å²) in [4.78, 5) is 12.5. The zero-order valence-corrected chi connectivity index (χ0v) is 14.5. The number of aromatic nitrogens is 2. The van der Waals surface area contributed by atoms with E-state index >= 15 is 0 Å². The molecule has 0 aliphatic carbocycles. The van der Waals surface area contributed by atoms with E-state index in [1.807, 2.05) is 45.0 Å². The molecular formula is C15H19N3O2S2. The first-order chi connectivity index (χ1) is 10.6. The maximum Gasteiger partial charge on any atom is 0.238 e. The molecule has 1 amide bonds. The number of amides is 1. The molecular weight excluding hydrogens is 318 g/mol. The summed E-state index contributed by atoms with van der Waals surface area (Å²) in [7, 11) is 0. The molecule has 1 aromatic carbocycles. The number of hydrogen-bond donors (Lipinski definition) is 1. The number of rotatable bonds is 7. The minimum atomic E-state index is -0.206. The molecule has 1 heterocycles. The summed E-state index contributed by atoms with van der Waals surface area (Å²) in [6, 6.07) is 7.45. The Bertz CT molecular complexity index is 631. The SMILES string of the molecule is CCOc1ccccc1NC(=O)C(CC)Sc1nnc(C)s1. The molecule has 0 bridgehead atoms. The van der Waals surface area contributed by atoms with Crippen LogP contribution in [0.2, 0.25) is 0 Å². The van der Waals surface area contributed by atoms with Gasteiger partial charge in [-0.2, -0.15) is 0 Å². The number of carbonyl (C=O) groups is 1. The van der Waals surface area contributed by atoms with E-state index in [9.17, 15) is 4.79 Å². The van der Waals surface area contributed by atoms with Gasteiger partial charge in [-0.3, -0.25) is 4.79 Å². The lowest BCUT2D eigenvalue weighted by atomic mass is 10.2. The number of hydrogen-bond acceptors (Lipinski definition) is 6. The number of benzene rings is 1.